The van der Waals surface area contributed by atoms with Crippen molar-refractivity contribution in [2.45, 2.75) is 0 Å². The van der Waals surface area contributed by atoms with Gasteiger partial charge in [-0.3, -0.25) is 4.79 Å². The monoisotopic (exact) mass is 373 g/mol. The lowest BCUT2D eigenvalue weighted by molar-refractivity contribution is -0.142. The summed E-state index contributed by atoms with van der Waals surface area (Å²) in [6, 6.07) is 12.0. The molecule has 1 amide bonds. The van der Waals surface area contributed by atoms with Gasteiger partial charge < -0.3 is 19.5 Å². The highest BCUT2D eigenvalue weighted by Gasteiger charge is 2.13. The molecule has 1 heterocycles. The molecule has 0 bridgehead atoms. The van der Waals surface area contributed by atoms with Crippen molar-refractivity contribution in [3.8, 4) is 11.5 Å². The largest absolute Gasteiger partial charge is 0.486 e. The minimum absolute atomic E-state index is 0.391. The Balaban J connectivity index is 1.47. The van der Waals surface area contributed by atoms with Crippen molar-refractivity contribution in [3.05, 3.63) is 59.1 Å². The van der Waals surface area contributed by atoms with Gasteiger partial charge in [-0.05, 0) is 35.9 Å². The Kier molecular flexibility index (Phi) is 5.76. The Morgan fingerprint density at radius 2 is 1.81 bits per heavy atom. The Morgan fingerprint density at radius 3 is 2.58 bits per heavy atom. The summed E-state index contributed by atoms with van der Waals surface area (Å²) in [5.74, 6) is 0.136. The molecule has 6 nitrogen and oxygen atoms in total. The molecule has 3 rings (SSSR count). The number of rotatable bonds is 5. The van der Waals surface area contributed by atoms with Gasteiger partial charge in [0.15, 0.2) is 18.1 Å². The Morgan fingerprint density at radius 1 is 1.08 bits per heavy atom. The van der Waals surface area contributed by atoms with Crippen LogP contribution in [0.15, 0.2) is 48.5 Å². The summed E-state index contributed by atoms with van der Waals surface area (Å²) >= 11 is 5.79. The number of carbonyl (C=O) groups is 2. The van der Waals surface area contributed by atoms with Gasteiger partial charge in [0.25, 0.3) is 5.91 Å². The Hall–Kier alpha value is -2.99. The van der Waals surface area contributed by atoms with E-state index in [0.29, 0.717) is 35.4 Å². The lowest BCUT2D eigenvalue weighted by Gasteiger charge is -2.18. The van der Waals surface area contributed by atoms with E-state index >= 15 is 0 Å². The number of carbonyl (C=O) groups excluding carboxylic acids is 2. The first-order chi connectivity index (χ1) is 12.6. The van der Waals surface area contributed by atoms with Crippen LogP contribution < -0.4 is 14.8 Å². The molecule has 0 radical (unpaired) electrons. The molecule has 0 aromatic heterocycles. The van der Waals surface area contributed by atoms with Crippen LogP contribution in [0.4, 0.5) is 5.69 Å². The van der Waals surface area contributed by atoms with Crippen LogP contribution in [0.25, 0.3) is 6.08 Å². The minimum Gasteiger partial charge on any atom is -0.486 e. The Bertz CT molecular complexity index is 832. The standard InChI is InChI=1S/C19H16ClNO5/c20-14-4-1-13(2-5-14)3-8-19(23)26-12-18(22)21-15-6-7-16-17(11-15)25-10-9-24-16/h1-8,11H,9-10,12H2,(H,21,22)/b8-3+. The molecule has 0 saturated heterocycles. The summed E-state index contributed by atoms with van der Waals surface area (Å²) in [5, 5.41) is 3.25. The van der Waals surface area contributed by atoms with Gasteiger partial charge in [0, 0.05) is 22.9 Å². The quantitative estimate of drug-likeness (QED) is 0.643. The van der Waals surface area contributed by atoms with Gasteiger partial charge in [0.1, 0.15) is 13.2 Å². The number of ether oxygens (including phenoxy) is 3. The molecule has 1 N–H and O–H groups in total. The molecule has 134 valence electrons. The maximum Gasteiger partial charge on any atom is 0.331 e. The normalized spacial score (nSPS) is 12.7. The topological polar surface area (TPSA) is 73.9 Å². The molecular formula is C19H16ClNO5. The first kappa shape index (κ1) is 17.8. The fourth-order valence-corrected chi connectivity index (χ4v) is 2.37. The van der Waals surface area contributed by atoms with E-state index in [1.54, 1.807) is 48.5 Å². The van der Waals surface area contributed by atoms with E-state index in [1.165, 1.54) is 6.08 Å². The smallest absolute Gasteiger partial charge is 0.331 e. The van der Waals surface area contributed by atoms with E-state index in [4.69, 9.17) is 25.8 Å². The molecule has 7 heteroatoms. The molecule has 0 saturated carbocycles. The van der Waals surface area contributed by atoms with Gasteiger partial charge >= 0.3 is 5.97 Å². The summed E-state index contributed by atoms with van der Waals surface area (Å²) in [4.78, 5) is 23.6. The highest BCUT2D eigenvalue weighted by Crippen LogP contribution is 2.32. The van der Waals surface area contributed by atoms with Crippen molar-refractivity contribution in [2.24, 2.45) is 0 Å². The van der Waals surface area contributed by atoms with E-state index < -0.39 is 18.5 Å². The van der Waals surface area contributed by atoms with E-state index in [0.717, 1.165) is 5.56 Å². The summed E-state index contributed by atoms with van der Waals surface area (Å²) in [7, 11) is 0. The van der Waals surface area contributed by atoms with Crippen LogP contribution in [-0.2, 0) is 14.3 Å². The number of halogens is 1. The number of amides is 1. The van der Waals surface area contributed by atoms with Crippen LogP contribution in [0.3, 0.4) is 0 Å². The molecule has 2 aromatic rings. The van der Waals surface area contributed by atoms with Crippen molar-refractivity contribution < 1.29 is 23.8 Å². The van der Waals surface area contributed by atoms with E-state index in [9.17, 15) is 9.59 Å². The highest BCUT2D eigenvalue weighted by molar-refractivity contribution is 6.30. The second kappa shape index (κ2) is 8.40. The number of hydrogen-bond donors (Lipinski definition) is 1. The van der Waals surface area contributed by atoms with Crippen molar-refractivity contribution in [1.82, 2.24) is 0 Å². The van der Waals surface area contributed by atoms with Crippen LogP contribution in [0.1, 0.15) is 5.56 Å². The predicted molar refractivity (Wildman–Crippen MR) is 97.5 cm³/mol. The maximum atomic E-state index is 11.9. The average molecular weight is 374 g/mol. The van der Waals surface area contributed by atoms with Crippen LogP contribution in [0, 0.1) is 0 Å². The van der Waals surface area contributed by atoms with E-state index in [1.807, 2.05) is 0 Å². The van der Waals surface area contributed by atoms with Gasteiger partial charge in [-0.2, -0.15) is 0 Å². The van der Waals surface area contributed by atoms with Gasteiger partial charge in [-0.25, -0.2) is 4.79 Å². The second-order valence-corrected chi connectivity index (χ2v) is 5.84. The third-order valence-corrected chi connectivity index (χ3v) is 3.71. The number of nitrogens with one attached hydrogen (secondary N) is 1. The highest BCUT2D eigenvalue weighted by atomic mass is 35.5. The number of fused-ring (bicyclic) bond motifs is 1. The summed E-state index contributed by atoms with van der Waals surface area (Å²) in [6.07, 6.45) is 2.83. The van der Waals surface area contributed by atoms with Crippen LogP contribution in [0.5, 0.6) is 11.5 Å². The zero-order chi connectivity index (χ0) is 18.4. The number of esters is 1. The van der Waals surface area contributed by atoms with Gasteiger partial charge in [0.2, 0.25) is 0 Å². The molecule has 1 aliphatic heterocycles. The van der Waals surface area contributed by atoms with Gasteiger partial charge in [0.05, 0.1) is 0 Å². The third-order valence-electron chi connectivity index (χ3n) is 3.45. The average Bonchev–Trinajstić information content (AvgIpc) is 2.66. The predicted octanol–water partition coefficient (Wildman–Crippen LogP) is 3.31. The first-order valence-electron chi connectivity index (χ1n) is 7.90. The van der Waals surface area contributed by atoms with Crippen LogP contribution in [-0.4, -0.2) is 31.7 Å². The van der Waals surface area contributed by atoms with E-state index in [-0.39, 0.29) is 0 Å². The SMILES string of the molecule is O=C(COC(=O)/C=C/c1ccc(Cl)cc1)Nc1ccc2c(c1)OCCO2. The second-order valence-electron chi connectivity index (χ2n) is 5.40. The van der Waals surface area contributed by atoms with Gasteiger partial charge in [-0.15, -0.1) is 0 Å². The van der Waals surface area contributed by atoms with Crippen molar-refractivity contribution in [1.29, 1.82) is 0 Å². The van der Waals surface area contributed by atoms with Crippen LogP contribution >= 0.6 is 11.6 Å². The molecule has 2 aromatic carbocycles. The van der Waals surface area contributed by atoms with Gasteiger partial charge in [-0.1, -0.05) is 23.7 Å². The molecule has 0 spiro atoms. The molecule has 1 aliphatic rings. The van der Waals surface area contributed by atoms with Crippen molar-refractivity contribution in [3.63, 3.8) is 0 Å². The fourth-order valence-electron chi connectivity index (χ4n) is 2.24. The van der Waals surface area contributed by atoms with Crippen LogP contribution in [0.2, 0.25) is 5.02 Å². The molecule has 0 unspecified atom stereocenters. The molecule has 0 fully saturated rings. The lowest BCUT2D eigenvalue weighted by Crippen LogP contribution is -2.20. The number of anilines is 1. The lowest BCUT2D eigenvalue weighted by atomic mass is 10.2. The minimum atomic E-state index is -0.614. The molecule has 26 heavy (non-hydrogen) atoms. The summed E-state index contributed by atoms with van der Waals surface area (Å²) < 4.78 is 15.8. The fraction of sp³-hybridized carbons (Fsp3) is 0.158. The zero-order valence-electron chi connectivity index (χ0n) is 13.7. The summed E-state index contributed by atoms with van der Waals surface area (Å²) in [6.45, 7) is 0.568. The summed E-state index contributed by atoms with van der Waals surface area (Å²) in [5.41, 5.74) is 1.33. The number of hydrogen-bond acceptors (Lipinski definition) is 5. The Labute approximate surface area is 155 Å². The molecular weight excluding hydrogens is 358 g/mol. The van der Waals surface area contributed by atoms with E-state index in [2.05, 4.69) is 5.32 Å². The van der Waals surface area contributed by atoms with Crippen molar-refractivity contribution >= 4 is 35.2 Å². The maximum absolute atomic E-state index is 11.9. The number of benzene rings is 2. The first-order valence-corrected chi connectivity index (χ1v) is 8.28. The third kappa shape index (κ3) is 5.00. The molecule has 0 atom stereocenters. The van der Waals surface area contributed by atoms with Crippen molar-refractivity contribution in [2.75, 3.05) is 25.1 Å². The molecule has 0 aliphatic carbocycles. The zero-order valence-corrected chi connectivity index (χ0v) is 14.5.